The van der Waals surface area contributed by atoms with E-state index in [0.29, 0.717) is 16.6 Å². The highest BCUT2D eigenvalue weighted by molar-refractivity contribution is 7.22. The molecule has 9 heteroatoms. The second kappa shape index (κ2) is 9.84. The third-order valence-electron chi connectivity index (χ3n) is 5.57. The lowest BCUT2D eigenvalue weighted by molar-refractivity contribution is 0.0342. The van der Waals surface area contributed by atoms with Crippen molar-refractivity contribution in [2.75, 3.05) is 36.9 Å². The molecule has 1 saturated heterocycles. The summed E-state index contributed by atoms with van der Waals surface area (Å²) in [5.41, 5.74) is 5.30. The van der Waals surface area contributed by atoms with Crippen LogP contribution in [0.2, 0.25) is 0 Å². The highest BCUT2D eigenvalue weighted by Crippen LogP contribution is 2.28. The number of carbonyl (C=O) groups is 1. The molecule has 34 heavy (non-hydrogen) atoms. The van der Waals surface area contributed by atoms with Crippen molar-refractivity contribution in [1.29, 1.82) is 0 Å². The van der Waals surface area contributed by atoms with Gasteiger partial charge in [0.1, 0.15) is 0 Å². The average molecular weight is 475 g/mol. The largest absolute Gasteiger partial charge is 0.379 e. The molecule has 0 atom stereocenters. The van der Waals surface area contributed by atoms with E-state index >= 15 is 0 Å². The molecular formula is C25H26N6O2S. The summed E-state index contributed by atoms with van der Waals surface area (Å²) in [7, 11) is 0. The second-order valence-electron chi connectivity index (χ2n) is 8.34. The quantitative estimate of drug-likeness (QED) is 0.424. The lowest BCUT2D eigenvalue weighted by atomic mass is 10.2. The van der Waals surface area contributed by atoms with Gasteiger partial charge in [-0.25, -0.2) is 15.0 Å². The van der Waals surface area contributed by atoms with Crippen molar-refractivity contribution in [3.63, 3.8) is 0 Å². The van der Waals surface area contributed by atoms with E-state index in [1.165, 1.54) is 16.9 Å². The number of hydrogen-bond donors (Lipinski definition) is 2. The molecule has 0 spiro atoms. The van der Waals surface area contributed by atoms with Gasteiger partial charge < -0.3 is 10.1 Å². The molecule has 174 valence electrons. The topological polar surface area (TPSA) is 92.3 Å². The van der Waals surface area contributed by atoms with Crippen molar-refractivity contribution in [2.24, 2.45) is 0 Å². The number of rotatable bonds is 6. The molecule has 2 aromatic heterocycles. The van der Waals surface area contributed by atoms with Crippen LogP contribution in [0.25, 0.3) is 10.2 Å². The van der Waals surface area contributed by atoms with Crippen LogP contribution in [-0.4, -0.2) is 52.1 Å². The number of morpholine rings is 1. The van der Waals surface area contributed by atoms with Crippen LogP contribution < -0.4 is 10.6 Å². The Morgan fingerprint density at radius 1 is 1.00 bits per heavy atom. The van der Waals surface area contributed by atoms with E-state index in [9.17, 15) is 4.79 Å². The first-order valence-electron chi connectivity index (χ1n) is 11.2. The zero-order valence-corrected chi connectivity index (χ0v) is 20.0. The van der Waals surface area contributed by atoms with E-state index in [1.807, 2.05) is 38.1 Å². The molecule has 3 heterocycles. The van der Waals surface area contributed by atoms with Gasteiger partial charge in [-0.05, 0) is 61.9 Å². The summed E-state index contributed by atoms with van der Waals surface area (Å²) < 4.78 is 6.49. The molecule has 0 unspecified atom stereocenters. The number of amides is 1. The minimum Gasteiger partial charge on any atom is -0.379 e. The molecule has 1 amide bonds. The fraction of sp³-hybridized carbons (Fsp3) is 0.280. The Morgan fingerprint density at radius 3 is 2.47 bits per heavy atom. The smallest absolute Gasteiger partial charge is 0.257 e. The molecule has 0 aliphatic carbocycles. The van der Waals surface area contributed by atoms with E-state index in [4.69, 9.17) is 4.74 Å². The minimum absolute atomic E-state index is 0.193. The van der Waals surface area contributed by atoms with Crippen molar-refractivity contribution in [3.05, 3.63) is 71.0 Å². The number of hydrogen-bond acceptors (Lipinski definition) is 8. The van der Waals surface area contributed by atoms with E-state index in [2.05, 4.69) is 42.6 Å². The normalized spacial score (nSPS) is 14.3. The van der Waals surface area contributed by atoms with Crippen molar-refractivity contribution >= 4 is 44.2 Å². The Morgan fingerprint density at radius 2 is 1.74 bits per heavy atom. The molecule has 1 aliphatic rings. The first-order chi connectivity index (χ1) is 16.5. The fourth-order valence-electron chi connectivity index (χ4n) is 3.92. The molecule has 2 N–H and O–H groups in total. The Hall–Kier alpha value is -3.40. The number of anilines is 3. The van der Waals surface area contributed by atoms with Gasteiger partial charge in [0.15, 0.2) is 5.13 Å². The van der Waals surface area contributed by atoms with Crippen molar-refractivity contribution in [1.82, 2.24) is 19.9 Å². The Labute approximate surface area is 202 Å². The zero-order chi connectivity index (χ0) is 23.5. The number of ether oxygens (including phenoxy) is 1. The van der Waals surface area contributed by atoms with Crippen LogP contribution in [-0.2, 0) is 11.3 Å². The summed E-state index contributed by atoms with van der Waals surface area (Å²) in [5.74, 6) is 0.346. The summed E-state index contributed by atoms with van der Waals surface area (Å²) in [6.45, 7) is 8.24. The van der Waals surface area contributed by atoms with E-state index in [-0.39, 0.29) is 5.91 Å². The van der Waals surface area contributed by atoms with Crippen LogP contribution in [0.15, 0.2) is 48.5 Å². The van der Waals surface area contributed by atoms with Crippen LogP contribution in [0.3, 0.4) is 0 Å². The number of carbonyl (C=O) groups excluding carboxylic acids is 1. The highest BCUT2D eigenvalue weighted by Gasteiger charge is 2.13. The maximum absolute atomic E-state index is 12.8. The van der Waals surface area contributed by atoms with E-state index in [1.54, 1.807) is 12.1 Å². The number of aromatic nitrogens is 3. The van der Waals surface area contributed by atoms with Gasteiger partial charge in [-0.15, -0.1) is 0 Å². The second-order valence-corrected chi connectivity index (χ2v) is 9.37. The van der Waals surface area contributed by atoms with Crippen LogP contribution in [0.4, 0.5) is 16.8 Å². The number of aryl methyl sites for hydroxylation is 2. The summed E-state index contributed by atoms with van der Waals surface area (Å²) in [6.07, 6.45) is 0. The fourth-order valence-corrected chi connectivity index (χ4v) is 4.85. The average Bonchev–Trinajstić information content (AvgIpc) is 3.21. The van der Waals surface area contributed by atoms with Gasteiger partial charge in [-0.2, -0.15) is 0 Å². The molecule has 4 aromatic rings. The Balaban J connectivity index is 1.23. The minimum atomic E-state index is -0.193. The van der Waals surface area contributed by atoms with Gasteiger partial charge in [0.25, 0.3) is 5.91 Å². The maximum Gasteiger partial charge on any atom is 0.257 e. The number of benzene rings is 2. The van der Waals surface area contributed by atoms with Crippen molar-refractivity contribution < 1.29 is 9.53 Å². The maximum atomic E-state index is 12.8. The number of nitrogens with zero attached hydrogens (tertiary/aromatic N) is 4. The van der Waals surface area contributed by atoms with E-state index in [0.717, 1.165) is 60.1 Å². The molecule has 1 fully saturated rings. The molecule has 1 aliphatic heterocycles. The van der Waals surface area contributed by atoms with Gasteiger partial charge in [-0.3, -0.25) is 15.0 Å². The van der Waals surface area contributed by atoms with Gasteiger partial charge in [0.05, 0.1) is 23.4 Å². The Kier molecular flexibility index (Phi) is 6.48. The van der Waals surface area contributed by atoms with Crippen molar-refractivity contribution in [3.8, 4) is 0 Å². The lowest BCUT2D eigenvalue weighted by Crippen LogP contribution is -2.35. The molecule has 0 radical (unpaired) electrons. The van der Waals surface area contributed by atoms with Gasteiger partial charge >= 0.3 is 0 Å². The number of thiazole rings is 1. The molecule has 0 saturated carbocycles. The first-order valence-corrected chi connectivity index (χ1v) is 12.0. The number of fused-ring (bicyclic) bond motifs is 1. The van der Waals surface area contributed by atoms with E-state index < -0.39 is 0 Å². The lowest BCUT2D eigenvalue weighted by Gasteiger charge is -2.26. The molecule has 5 rings (SSSR count). The van der Waals surface area contributed by atoms with Gasteiger partial charge in [0.2, 0.25) is 5.95 Å². The summed E-state index contributed by atoms with van der Waals surface area (Å²) in [6, 6.07) is 15.4. The summed E-state index contributed by atoms with van der Waals surface area (Å²) in [5, 5.41) is 6.70. The first kappa shape index (κ1) is 22.4. The predicted octanol–water partition coefficient (Wildman–Crippen LogP) is 4.53. The summed E-state index contributed by atoms with van der Waals surface area (Å²) >= 11 is 1.49. The third kappa shape index (κ3) is 5.39. The van der Waals surface area contributed by atoms with Gasteiger partial charge in [0, 0.05) is 42.3 Å². The zero-order valence-electron chi connectivity index (χ0n) is 19.2. The molecular weight excluding hydrogens is 448 g/mol. The monoisotopic (exact) mass is 474 g/mol. The van der Waals surface area contributed by atoms with Crippen LogP contribution in [0.1, 0.15) is 27.3 Å². The van der Waals surface area contributed by atoms with Crippen LogP contribution in [0.5, 0.6) is 0 Å². The summed E-state index contributed by atoms with van der Waals surface area (Å²) in [4.78, 5) is 28.5. The SMILES string of the molecule is Cc1cc(C)nc(Nc2ccc(C(=O)Nc3nc4ccc(CN5CCOCC5)cc4s3)cc2)n1. The molecule has 8 nitrogen and oxygen atoms in total. The molecule has 0 bridgehead atoms. The van der Waals surface area contributed by atoms with Gasteiger partial charge in [-0.1, -0.05) is 17.4 Å². The number of nitrogens with one attached hydrogen (secondary N) is 2. The standard InChI is InChI=1S/C25H26N6O2S/c1-16-13-17(2)27-24(26-16)28-20-6-4-19(5-7-20)23(32)30-25-29-21-8-3-18(14-22(21)34-25)15-31-9-11-33-12-10-31/h3-8,13-14H,9-12,15H2,1-2H3,(H,26,27,28)(H,29,30,32). The Bertz CT molecular complexity index is 1290. The van der Waals surface area contributed by atoms with Crippen LogP contribution in [0, 0.1) is 13.8 Å². The third-order valence-corrected chi connectivity index (χ3v) is 6.50. The molecule has 2 aromatic carbocycles. The highest BCUT2D eigenvalue weighted by atomic mass is 32.1. The predicted molar refractivity (Wildman–Crippen MR) is 135 cm³/mol. The van der Waals surface area contributed by atoms with Crippen LogP contribution >= 0.6 is 11.3 Å². The van der Waals surface area contributed by atoms with Crippen molar-refractivity contribution in [2.45, 2.75) is 20.4 Å².